The van der Waals surface area contributed by atoms with Crippen LogP contribution in [0.5, 0.6) is 0 Å². The third kappa shape index (κ3) is 5.70. The number of hydrogen-bond acceptors (Lipinski definition) is 7. The van der Waals surface area contributed by atoms with E-state index in [9.17, 15) is 22.8 Å². The van der Waals surface area contributed by atoms with Crippen molar-refractivity contribution in [1.29, 1.82) is 0 Å². The molecule has 0 radical (unpaired) electrons. The molecule has 4 aromatic rings. The largest absolute Gasteiger partial charge is 0.462 e. The number of carbonyl (C=O) groups excluding carboxylic acids is 3. The highest BCUT2D eigenvalue weighted by molar-refractivity contribution is 7.93. The summed E-state index contributed by atoms with van der Waals surface area (Å²) in [6.07, 6.45) is 0.402. The number of nitrogens with one attached hydrogen (secondary N) is 1. The molecule has 10 heteroatoms. The molecule has 0 unspecified atom stereocenters. The first-order chi connectivity index (χ1) is 18.7. The molecule has 0 spiro atoms. The number of amides is 2. The number of esters is 1. The second-order valence-electron chi connectivity index (χ2n) is 8.69. The van der Waals surface area contributed by atoms with Gasteiger partial charge in [-0.1, -0.05) is 37.3 Å². The maximum Gasteiger partial charge on any atom is 0.342 e. The van der Waals surface area contributed by atoms with Gasteiger partial charge in [-0.05, 0) is 55.8 Å². The van der Waals surface area contributed by atoms with Crippen molar-refractivity contribution in [3.8, 4) is 11.3 Å². The number of nitrogens with zero attached hydrogens (tertiary/aromatic N) is 1. The first kappa shape index (κ1) is 27.6. The number of sulfonamides is 1. The number of rotatable bonds is 9. The number of anilines is 2. The molecule has 1 aromatic heterocycles. The first-order valence-electron chi connectivity index (χ1n) is 12.4. The summed E-state index contributed by atoms with van der Waals surface area (Å²) in [4.78, 5) is 37.5. The van der Waals surface area contributed by atoms with Crippen molar-refractivity contribution in [2.24, 2.45) is 0 Å². The lowest BCUT2D eigenvalue weighted by molar-refractivity contribution is -0.117. The molecule has 0 aliphatic heterocycles. The number of furan rings is 1. The van der Waals surface area contributed by atoms with Crippen LogP contribution in [-0.4, -0.2) is 32.8 Å². The minimum atomic E-state index is -4.35. The summed E-state index contributed by atoms with van der Waals surface area (Å²) in [6.45, 7) is 4.93. The SMILES string of the molecule is CCCC(=O)N(c1ccc2oc(-c3ccccc3)c(C(=O)OCC)c2c1)S(=O)(=O)c1ccc(NC(C)=O)cc1. The summed E-state index contributed by atoms with van der Waals surface area (Å²) in [6, 6.07) is 19.0. The van der Waals surface area contributed by atoms with Crippen LogP contribution >= 0.6 is 0 Å². The van der Waals surface area contributed by atoms with Gasteiger partial charge in [0.15, 0.2) is 0 Å². The number of hydrogen-bond donors (Lipinski definition) is 1. The van der Waals surface area contributed by atoms with Gasteiger partial charge in [0.25, 0.3) is 10.0 Å². The molecular formula is C29H28N2O7S. The Hall–Kier alpha value is -4.44. The molecule has 0 fully saturated rings. The molecule has 4 rings (SSSR count). The number of ether oxygens (including phenoxy) is 1. The van der Waals surface area contributed by atoms with Gasteiger partial charge in [0, 0.05) is 30.0 Å². The molecule has 0 aliphatic rings. The smallest absolute Gasteiger partial charge is 0.342 e. The van der Waals surface area contributed by atoms with Gasteiger partial charge >= 0.3 is 5.97 Å². The Balaban J connectivity index is 1.88. The topological polar surface area (TPSA) is 123 Å². The molecule has 1 heterocycles. The standard InChI is InChI=1S/C29H28N2O7S/c1-4-9-26(33)31(39(35,36)23-15-12-21(13-16-23)30-19(3)32)22-14-17-25-24(18-22)27(29(34)37-5-2)28(38-25)20-10-7-6-8-11-20/h6-8,10-18H,4-5,9H2,1-3H3,(H,30,32). The highest BCUT2D eigenvalue weighted by Gasteiger charge is 2.32. The highest BCUT2D eigenvalue weighted by Crippen LogP contribution is 2.37. The van der Waals surface area contributed by atoms with E-state index in [4.69, 9.17) is 9.15 Å². The summed E-state index contributed by atoms with van der Waals surface area (Å²) in [5.74, 6) is -1.28. The Morgan fingerprint density at radius 1 is 0.949 bits per heavy atom. The van der Waals surface area contributed by atoms with Gasteiger partial charge in [0.05, 0.1) is 17.2 Å². The van der Waals surface area contributed by atoms with Crippen LogP contribution < -0.4 is 9.62 Å². The number of benzene rings is 3. The second kappa shape index (κ2) is 11.5. The van der Waals surface area contributed by atoms with E-state index in [2.05, 4.69) is 5.32 Å². The van der Waals surface area contributed by atoms with Crippen molar-refractivity contribution in [2.45, 2.75) is 38.5 Å². The lowest BCUT2D eigenvalue weighted by Gasteiger charge is -2.23. The van der Waals surface area contributed by atoms with E-state index in [1.165, 1.54) is 49.4 Å². The lowest BCUT2D eigenvalue weighted by Crippen LogP contribution is -2.36. The van der Waals surface area contributed by atoms with Gasteiger partial charge < -0.3 is 14.5 Å². The molecular weight excluding hydrogens is 520 g/mol. The number of fused-ring (bicyclic) bond motifs is 1. The molecule has 1 N–H and O–H groups in total. The minimum Gasteiger partial charge on any atom is -0.462 e. The molecule has 0 saturated heterocycles. The van der Waals surface area contributed by atoms with E-state index in [1.54, 1.807) is 38.1 Å². The molecule has 0 saturated carbocycles. The molecule has 2 amide bonds. The minimum absolute atomic E-state index is 0.0212. The first-order valence-corrected chi connectivity index (χ1v) is 13.9. The van der Waals surface area contributed by atoms with Gasteiger partial charge in [0.2, 0.25) is 11.8 Å². The van der Waals surface area contributed by atoms with Crippen LogP contribution in [0.25, 0.3) is 22.3 Å². The zero-order valence-electron chi connectivity index (χ0n) is 21.8. The fraction of sp³-hybridized carbons (Fsp3) is 0.207. The average Bonchev–Trinajstić information content (AvgIpc) is 3.28. The normalized spacial score (nSPS) is 11.3. The zero-order valence-corrected chi connectivity index (χ0v) is 22.6. The average molecular weight is 549 g/mol. The van der Waals surface area contributed by atoms with Crippen LogP contribution in [0.4, 0.5) is 11.4 Å². The van der Waals surface area contributed by atoms with Gasteiger partial charge in [0.1, 0.15) is 16.9 Å². The summed E-state index contributed by atoms with van der Waals surface area (Å²) >= 11 is 0. The molecule has 39 heavy (non-hydrogen) atoms. The van der Waals surface area contributed by atoms with Crippen molar-refractivity contribution in [2.75, 3.05) is 16.2 Å². The Morgan fingerprint density at radius 2 is 1.64 bits per heavy atom. The van der Waals surface area contributed by atoms with Gasteiger partial charge in [-0.2, -0.15) is 0 Å². The Kier molecular flexibility index (Phi) is 8.15. The third-order valence-electron chi connectivity index (χ3n) is 5.82. The summed E-state index contributed by atoms with van der Waals surface area (Å²) < 4.78 is 39.6. The van der Waals surface area contributed by atoms with E-state index in [-0.39, 0.29) is 40.8 Å². The van der Waals surface area contributed by atoms with Crippen molar-refractivity contribution in [3.63, 3.8) is 0 Å². The second-order valence-corrected chi connectivity index (χ2v) is 10.5. The lowest BCUT2D eigenvalue weighted by atomic mass is 10.1. The Morgan fingerprint density at radius 3 is 2.26 bits per heavy atom. The maximum atomic E-state index is 13.8. The predicted molar refractivity (Wildman–Crippen MR) is 148 cm³/mol. The van der Waals surface area contributed by atoms with E-state index in [0.717, 1.165) is 4.31 Å². The van der Waals surface area contributed by atoms with E-state index in [1.807, 2.05) is 6.07 Å². The fourth-order valence-corrected chi connectivity index (χ4v) is 5.60. The van der Waals surface area contributed by atoms with E-state index >= 15 is 0 Å². The van der Waals surface area contributed by atoms with Crippen molar-refractivity contribution in [1.82, 2.24) is 0 Å². The van der Waals surface area contributed by atoms with Crippen LogP contribution in [0.15, 0.2) is 82.1 Å². The molecule has 9 nitrogen and oxygen atoms in total. The number of carbonyl (C=O) groups is 3. The highest BCUT2D eigenvalue weighted by atomic mass is 32.2. The predicted octanol–water partition coefficient (Wildman–Crippen LogP) is 5.76. The summed E-state index contributed by atoms with van der Waals surface area (Å²) in [7, 11) is -4.35. The Labute approximate surface area is 226 Å². The Bertz CT molecular complexity index is 1630. The van der Waals surface area contributed by atoms with E-state index < -0.39 is 21.9 Å². The van der Waals surface area contributed by atoms with Crippen molar-refractivity contribution < 1.29 is 32.0 Å². The van der Waals surface area contributed by atoms with Crippen LogP contribution in [0.2, 0.25) is 0 Å². The third-order valence-corrected chi connectivity index (χ3v) is 7.59. The van der Waals surface area contributed by atoms with Crippen molar-refractivity contribution >= 4 is 50.2 Å². The fourth-order valence-electron chi connectivity index (χ4n) is 4.16. The van der Waals surface area contributed by atoms with Gasteiger partial charge in [-0.3, -0.25) is 9.59 Å². The maximum absolute atomic E-state index is 13.8. The van der Waals surface area contributed by atoms with Crippen LogP contribution in [0.3, 0.4) is 0 Å². The van der Waals surface area contributed by atoms with Crippen LogP contribution in [-0.2, 0) is 24.3 Å². The molecule has 3 aromatic carbocycles. The molecule has 0 bridgehead atoms. The van der Waals surface area contributed by atoms with Crippen LogP contribution in [0.1, 0.15) is 44.0 Å². The van der Waals surface area contributed by atoms with E-state index in [0.29, 0.717) is 28.6 Å². The quantitative estimate of drug-likeness (QED) is 0.264. The van der Waals surface area contributed by atoms with Gasteiger partial charge in [-0.25, -0.2) is 17.5 Å². The summed E-state index contributed by atoms with van der Waals surface area (Å²) in [5.41, 5.74) is 1.59. The van der Waals surface area contributed by atoms with Crippen molar-refractivity contribution in [3.05, 3.63) is 78.4 Å². The van der Waals surface area contributed by atoms with Gasteiger partial charge in [-0.15, -0.1) is 0 Å². The zero-order chi connectivity index (χ0) is 28.2. The van der Waals surface area contributed by atoms with Crippen LogP contribution in [0, 0.1) is 0 Å². The molecule has 202 valence electrons. The molecule has 0 aliphatic carbocycles. The monoisotopic (exact) mass is 548 g/mol. The molecule has 0 atom stereocenters. The summed E-state index contributed by atoms with van der Waals surface area (Å²) in [5, 5.41) is 2.90.